The highest BCUT2D eigenvalue weighted by Gasteiger charge is 2.21. The maximum absolute atomic E-state index is 11.9. The Morgan fingerprint density at radius 1 is 1.26 bits per heavy atom. The number of likely N-dealkylation sites (N-methyl/N-ethyl adjacent to an activating group) is 1. The van der Waals surface area contributed by atoms with Gasteiger partial charge in [0.05, 0.1) is 12.7 Å². The second kappa shape index (κ2) is 8.10. The SMILES string of the molecule is COC(=O)CCc1cc2c(C)cc(=O)oc2c(CN2CCN(C)CC2)c1O. The Hall–Kier alpha value is -2.38. The number of fused-ring (bicyclic) bond motifs is 1. The fraction of sp³-hybridized carbons (Fsp3) is 0.500. The average Bonchev–Trinajstić information content (AvgIpc) is 2.64. The van der Waals surface area contributed by atoms with Crippen LogP contribution in [0.5, 0.6) is 5.75 Å². The lowest BCUT2D eigenvalue weighted by molar-refractivity contribution is -0.140. The van der Waals surface area contributed by atoms with Crippen molar-refractivity contribution in [2.75, 3.05) is 40.3 Å². The first kappa shape index (κ1) is 19.4. The Morgan fingerprint density at radius 2 is 1.96 bits per heavy atom. The zero-order valence-electron chi connectivity index (χ0n) is 16.1. The molecular formula is C20H26N2O5. The summed E-state index contributed by atoms with van der Waals surface area (Å²) in [4.78, 5) is 27.9. The molecule has 1 aliphatic rings. The molecule has 1 N–H and O–H groups in total. The fourth-order valence-electron chi connectivity index (χ4n) is 3.47. The van der Waals surface area contributed by atoms with Gasteiger partial charge in [0.15, 0.2) is 0 Å². The van der Waals surface area contributed by atoms with Gasteiger partial charge in [-0.15, -0.1) is 0 Å². The predicted octanol–water partition coefficient (Wildman–Crippen LogP) is 1.66. The zero-order chi connectivity index (χ0) is 19.6. The van der Waals surface area contributed by atoms with Gasteiger partial charge in [-0.05, 0) is 37.6 Å². The zero-order valence-corrected chi connectivity index (χ0v) is 16.1. The molecule has 1 aliphatic heterocycles. The summed E-state index contributed by atoms with van der Waals surface area (Å²) in [7, 11) is 3.43. The van der Waals surface area contributed by atoms with Crippen LogP contribution >= 0.6 is 0 Å². The molecule has 1 saturated heterocycles. The summed E-state index contributed by atoms with van der Waals surface area (Å²) in [5.41, 5.74) is 2.06. The van der Waals surface area contributed by atoms with Crippen molar-refractivity contribution < 1.29 is 19.1 Å². The van der Waals surface area contributed by atoms with Crippen molar-refractivity contribution >= 4 is 16.9 Å². The molecule has 0 bridgehead atoms. The minimum absolute atomic E-state index is 0.0964. The molecular weight excluding hydrogens is 348 g/mol. The lowest BCUT2D eigenvalue weighted by Gasteiger charge is -2.32. The number of aryl methyl sites for hydroxylation is 2. The van der Waals surface area contributed by atoms with Crippen molar-refractivity contribution in [2.45, 2.75) is 26.3 Å². The van der Waals surface area contributed by atoms with Crippen LogP contribution in [0.3, 0.4) is 0 Å². The quantitative estimate of drug-likeness (QED) is 0.629. The number of piperazine rings is 1. The molecule has 7 nitrogen and oxygen atoms in total. The molecule has 7 heteroatoms. The second-order valence-electron chi connectivity index (χ2n) is 7.14. The molecule has 0 radical (unpaired) electrons. The summed E-state index contributed by atoms with van der Waals surface area (Å²) >= 11 is 0. The van der Waals surface area contributed by atoms with E-state index in [1.54, 1.807) is 6.07 Å². The van der Waals surface area contributed by atoms with Gasteiger partial charge in [-0.3, -0.25) is 9.69 Å². The fourth-order valence-corrected chi connectivity index (χ4v) is 3.47. The normalized spacial score (nSPS) is 16.0. The Kier molecular flexibility index (Phi) is 5.82. The first-order chi connectivity index (χ1) is 12.9. The van der Waals surface area contributed by atoms with Crippen molar-refractivity contribution in [1.29, 1.82) is 0 Å². The average molecular weight is 374 g/mol. The van der Waals surface area contributed by atoms with Crippen molar-refractivity contribution in [1.82, 2.24) is 9.80 Å². The number of hydrogen-bond acceptors (Lipinski definition) is 7. The van der Waals surface area contributed by atoms with Gasteiger partial charge in [0.25, 0.3) is 0 Å². The largest absolute Gasteiger partial charge is 0.507 e. The second-order valence-corrected chi connectivity index (χ2v) is 7.14. The van der Waals surface area contributed by atoms with Crippen molar-refractivity contribution in [3.63, 3.8) is 0 Å². The molecule has 1 aromatic heterocycles. The molecule has 27 heavy (non-hydrogen) atoms. The molecule has 0 amide bonds. The third kappa shape index (κ3) is 4.31. The number of phenolic OH excluding ortho intramolecular Hbond substituents is 1. The van der Waals surface area contributed by atoms with Crippen molar-refractivity contribution in [2.24, 2.45) is 0 Å². The molecule has 1 fully saturated rings. The molecule has 0 saturated carbocycles. The van der Waals surface area contributed by atoms with E-state index in [1.165, 1.54) is 13.2 Å². The lowest BCUT2D eigenvalue weighted by Crippen LogP contribution is -2.43. The molecule has 0 aliphatic carbocycles. The smallest absolute Gasteiger partial charge is 0.336 e. The van der Waals surface area contributed by atoms with E-state index in [0.29, 0.717) is 29.7 Å². The number of nitrogens with zero attached hydrogens (tertiary/aromatic N) is 2. The highest BCUT2D eigenvalue weighted by Crippen LogP contribution is 2.34. The first-order valence-corrected chi connectivity index (χ1v) is 9.15. The number of methoxy groups -OCH3 is 1. The predicted molar refractivity (Wildman–Crippen MR) is 102 cm³/mol. The molecule has 2 aromatic rings. The topological polar surface area (TPSA) is 83.2 Å². The van der Waals surface area contributed by atoms with Gasteiger partial charge < -0.3 is 19.2 Å². The summed E-state index contributed by atoms with van der Waals surface area (Å²) in [6.45, 7) is 5.99. The number of hydrogen-bond donors (Lipinski definition) is 1. The Balaban J connectivity index is 2.03. The number of carbonyl (C=O) groups is 1. The maximum atomic E-state index is 11.9. The van der Waals surface area contributed by atoms with Gasteiger partial charge in [-0.1, -0.05) is 0 Å². The van der Waals surface area contributed by atoms with Crippen LogP contribution in [0.15, 0.2) is 21.3 Å². The molecule has 0 unspecified atom stereocenters. The van der Waals surface area contributed by atoms with Crippen LogP contribution in [-0.2, 0) is 22.5 Å². The van der Waals surface area contributed by atoms with Gasteiger partial charge in [0, 0.05) is 50.6 Å². The van der Waals surface area contributed by atoms with Crippen LogP contribution in [0.2, 0.25) is 0 Å². The van der Waals surface area contributed by atoms with Crippen LogP contribution in [0, 0.1) is 6.92 Å². The van der Waals surface area contributed by atoms with E-state index < -0.39 is 5.63 Å². The summed E-state index contributed by atoms with van der Waals surface area (Å²) < 4.78 is 10.2. The van der Waals surface area contributed by atoms with E-state index >= 15 is 0 Å². The minimum atomic E-state index is -0.429. The summed E-state index contributed by atoms with van der Waals surface area (Å²) in [5.74, 6) is -0.231. The van der Waals surface area contributed by atoms with E-state index in [2.05, 4.69) is 16.8 Å². The van der Waals surface area contributed by atoms with Gasteiger partial charge >= 0.3 is 11.6 Å². The standard InChI is InChI=1S/C20H26N2O5/c1-13-10-18(24)27-20-15(13)11-14(4-5-17(23)26-3)19(25)16(20)12-22-8-6-21(2)7-9-22/h10-11,25H,4-9,12H2,1-3H3. The Morgan fingerprint density at radius 3 is 2.63 bits per heavy atom. The van der Waals surface area contributed by atoms with Gasteiger partial charge in [0.2, 0.25) is 0 Å². The van der Waals surface area contributed by atoms with Crippen molar-refractivity contribution in [3.05, 3.63) is 39.2 Å². The van der Waals surface area contributed by atoms with Gasteiger partial charge in [0.1, 0.15) is 11.3 Å². The number of phenols is 1. The first-order valence-electron chi connectivity index (χ1n) is 9.15. The summed E-state index contributed by atoms with van der Waals surface area (Å²) in [6.07, 6.45) is 0.544. The van der Waals surface area contributed by atoms with E-state index in [0.717, 1.165) is 37.1 Å². The summed E-state index contributed by atoms with van der Waals surface area (Å²) in [5, 5.41) is 11.7. The number of esters is 1. The number of aromatic hydroxyl groups is 1. The number of benzene rings is 1. The molecule has 2 heterocycles. The summed E-state index contributed by atoms with van der Waals surface area (Å²) in [6, 6.07) is 3.25. The van der Waals surface area contributed by atoms with Crippen LogP contribution in [0.4, 0.5) is 0 Å². The Labute approximate surface area is 158 Å². The molecule has 0 atom stereocenters. The maximum Gasteiger partial charge on any atom is 0.336 e. The molecule has 1 aromatic carbocycles. The van der Waals surface area contributed by atoms with E-state index in [9.17, 15) is 14.7 Å². The molecule has 146 valence electrons. The third-order valence-electron chi connectivity index (χ3n) is 5.19. The van der Waals surface area contributed by atoms with Crippen LogP contribution in [-0.4, -0.2) is 61.2 Å². The van der Waals surface area contributed by atoms with Crippen LogP contribution in [0.1, 0.15) is 23.1 Å². The van der Waals surface area contributed by atoms with Gasteiger partial charge in [-0.25, -0.2) is 4.79 Å². The van der Waals surface area contributed by atoms with Crippen molar-refractivity contribution in [3.8, 4) is 5.75 Å². The van der Waals surface area contributed by atoms with Gasteiger partial charge in [-0.2, -0.15) is 0 Å². The number of carbonyl (C=O) groups excluding carboxylic acids is 1. The minimum Gasteiger partial charge on any atom is -0.507 e. The monoisotopic (exact) mass is 374 g/mol. The van der Waals surface area contributed by atoms with Crippen LogP contribution in [0.25, 0.3) is 11.0 Å². The van der Waals surface area contributed by atoms with Crippen LogP contribution < -0.4 is 5.63 Å². The Bertz CT molecular complexity index is 897. The highest BCUT2D eigenvalue weighted by atomic mass is 16.5. The molecule has 0 spiro atoms. The number of ether oxygens (including phenoxy) is 1. The van der Waals surface area contributed by atoms with E-state index in [-0.39, 0.29) is 18.1 Å². The highest BCUT2D eigenvalue weighted by molar-refractivity contribution is 5.86. The lowest BCUT2D eigenvalue weighted by atomic mass is 9.98. The number of rotatable bonds is 5. The molecule has 3 rings (SSSR count). The van der Waals surface area contributed by atoms with E-state index in [4.69, 9.17) is 9.15 Å². The third-order valence-corrected chi connectivity index (χ3v) is 5.19. The van der Waals surface area contributed by atoms with E-state index in [1.807, 2.05) is 6.92 Å².